The number of hydrogen-bond acceptors (Lipinski definition) is 3. The molecule has 0 aromatic heterocycles. The van der Waals surface area contributed by atoms with Gasteiger partial charge in [-0.15, -0.1) is 11.8 Å². The average Bonchev–Trinajstić information content (AvgIpc) is 2.41. The van der Waals surface area contributed by atoms with Crippen LogP contribution in [0.3, 0.4) is 0 Å². The quantitative estimate of drug-likeness (QED) is 0.817. The lowest BCUT2D eigenvalue weighted by atomic mass is 9.75. The van der Waals surface area contributed by atoms with Gasteiger partial charge in [0.2, 0.25) is 0 Å². The van der Waals surface area contributed by atoms with Crippen molar-refractivity contribution in [2.45, 2.75) is 13.8 Å². The van der Waals surface area contributed by atoms with Gasteiger partial charge in [0.05, 0.1) is 12.1 Å². The molecule has 1 rings (SSSR count). The lowest BCUT2D eigenvalue weighted by Gasteiger charge is -2.22. The summed E-state index contributed by atoms with van der Waals surface area (Å²) in [5.41, 5.74) is 1.89. The molecule has 0 bridgehead atoms. The molecule has 0 aliphatic heterocycles. The van der Waals surface area contributed by atoms with E-state index in [4.69, 9.17) is 0 Å². The molecule has 19 heavy (non-hydrogen) atoms. The van der Waals surface area contributed by atoms with Gasteiger partial charge in [0.25, 0.3) is 0 Å². The molecule has 0 heterocycles. The summed E-state index contributed by atoms with van der Waals surface area (Å²) in [5, 5.41) is 20.8. The predicted molar refractivity (Wildman–Crippen MR) is 81.1 cm³/mol. The maximum absolute atomic E-state index is 9.48. The van der Waals surface area contributed by atoms with Crippen LogP contribution in [0.1, 0.15) is 18.1 Å². The molecule has 0 aliphatic rings. The van der Waals surface area contributed by atoms with Gasteiger partial charge in [-0.2, -0.15) is 10.5 Å². The molecule has 0 atom stereocenters. The van der Waals surface area contributed by atoms with E-state index in [1.54, 1.807) is 6.92 Å². The smallest absolute Gasteiger partial charge is 0.190 e. The summed E-state index contributed by atoms with van der Waals surface area (Å²) in [7, 11) is 0. The van der Waals surface area contributed by atoms with Gasteiger partial charge in [-0.1, -0.05) is 36.4 Å². The first-order valence-corrected chi connectivity index (χ1v) is 7.09. The summed E-state index contributed by atoms with van der Waals surface area (Å²) in [4.78, 5) is 0. The third kappa shape index (κ3) is 2.89. The van der Waals surface area contributed by atoms with Crippen LogP contribution in [-0.4, -0.2) is 6.26 Å². The Morgan fingerprint density at radius 3 is 2.21 bits per heavy atom. The predicted octanol–water partition coefficient (Wildman–Crippen LogP) is 4.31. The molecule has 96 valence electrons. The van der Waals surface area contributed by atoms with Crippen molar-refractivity contribution in [2.24, 2.45) is 5.41 Å². The van der Waals surface area contributed by atoms with Crippen molar-refractivity contribution in [2.75, 3.05) is 6.26 Å². The Morgan fingerprint density at radius 2 is 1.79 bits per heavy atom. The monoisotopic (exact) mass is 268 g/mol. The van der Waals surface area contributed by atoms with Gasteiger partial charge in [-0.05, 0) is 42.2 Å². The first-order chi connectivity index (χ1) is 9.01. The van der Waals surface area contributed by atoms with E-state index in [9.17, 15) is 10.5 Å². The number of nitriles is 2. The average molecular weight is 268 g/mol. The van der Waals surface area contributed by atoms with Crippen molar-refractivity contribution >= 4 is 17.3 Å². The Kier molecular flexibility index (Phi) is 4.98. The van der Waals surface area contributed by atoms with E-state index in [0.29, 0.717) is 11.1 Å². The van der Waals surface area contributed by atoms with Crippen molar-refractivity contribution in [3.63, 3.8) is 0 Å². The normalized spacial score (nSPS) is 11.5. The Balaban J connectivity index is 3.33. The fourth-order valence-corrected chi connectivity index (χ4v) is 2.34. The van der Waals surface area contributed by atoms with Crippen LogP contribution in [0.4, 0.5) is 0 Å². The molecule has 0 saturated heterocycles. The summed E-state index contributed by atoms with van der Waals surface area (Å²) in [5.74, 6) is 0. The van der Waals surface area contributed by atoms with Crippen LogP contribution in [0.5, 0.6) is 0 Å². The molecular formula is C16H16N2S. The molecule has 0 amide bonds. The number of aryl methyl sites for hydroxylation is 1. The van der Waals surface area contributed by atoms with Gasteiger partial charge >= 0.3 is 0 Å². The van der Waals surface area contributed by atoms with E-state index in [-0.39, 0.29) is 0 Å². The third-order valence-electron chi connectivity index (χ3n) is 3.07. The summed E-state index contributed by atoms with van der Waals surface area (Å²) in [6, 6.07) is 11.9. The molecule has 0 aliphatic carbocycles. The maximum Gasteiger partial charge on any atom is 0.190 e. The maximum atomic E-state index is 9.48. The van der Waals surface area contributed by atoms with Crippen molar-refractivity contribution in [3.8, 4) is 12.1 Å². The summed E-state index contributed by atoms with van der Waals surface area (Å²) >= 11 is 1.48. The van der Waals surface area contributed by atoms with E-state index in [1.165, 1.54) is 11.8 Å². The van der Waals surface area contributed by atoms with Gasteiger partial charge in [-0.3, -0.25) is 0 Å². The minimum atomic E-state index is -1.29. The topological polar surface area (TPSA) is 47.6 Å². The lowest BCUT2D eigenvalue weighted by molar-refractivity contribution is 0.817. The lowest BCUT2D eigenvalue weighted by Crippen LogP contribution is -2.19. The number of benzene rings is 1. The van der Waals surface area contributed by atoms with Crippen LogP contribution in [0.25, 0.3) is 5.57 Å². The van der Waals surface area contributed by atoms with E-state index in [1.807, 2.05) is 42.9 Å². The Morgan fingerprint density at radius 1 is 1.26 bits per heavy atom. The van der Waals surface area contributed by atoms with Gasteiger partial charge in [0.15, 0.2) is 5.41 Å². The van der Waals surface area contributed by atoms with Crippen LogP contribution >= 0.6 is 11.8 Å². The minimum absolute atomic E-state index is 0.528. The summed E-state index contributed by atoms with van der Waals surface area (Å²) in [6.07, 6.45) is 1.90. The van der Waals surface area contributed by atoms with Crippen molar-refractivity contribution in [1.82, 2.24) is 0 Å². The van der Waals surface area contributed by atoms with Gasteiger partial charge in [0, 0.05) is 0 Å². The number of rotatable bonds is 4. The zero-order chi connectivity index (χ0) is 14.5. The first-order valence-electron chi connectivity index (χ1n) is 5.80. The fourth-order valence-electron chi connectivity index (χ4n) is 1.81. The zero-order valence-corrected chi connectivity index (χ0v) is 12.2. The first kappa shape index (κ1) is 15.1. The van der Waals surface area contributed by atoms with Crippen LogP contribution in [-0.2, 0) is 0 Å². The van der Waals surface area contributed by atoms with Crippen LogP contribution in [0.2, 0.25) is 0 Å². The molecule has 0 spiro atoms. The van der Waals surface area contributed by atoms with E-state index in [2.05, 4.69) is 18.7 Å². The highest BCUT2D eigenvalue weighted by atomic mass is 32.2. The van der Waals surface area contributed by atoms with E-state index < -0.39 is 5.41 Å². The Hall–Kier alpha value is -1.97. The van der Waals surface area contributed by atoms with Crippen molar-refractivity contribution in [3.05, 3.63) is 53.0 Å². The highest BCUT2D eigenvalue weighted by Crippen LogP contribution is 2.40. The molecular weight excluding hydrogens is 252 g/mol. The second-order valence-corrected chi connectivity index (χ2v) is 5.06. The van der Waals surface area contributed by atoms with Crippen LogP contribution in [0.15, 0.2) is 41.8 Å². The minimum Gasteiger partial charge on any atom is -0.196 e. The number of thioether (sulfide) groups is 1. The van der Waals surface area contributed by atoms with Crippen LogP contribution in [0, 0.1) is 35.0 Å². The standard InChI is InChI=1S/C16H16N2S/c1-12-5-7-15(8-6-12)14(3)16(10-17,11-18)13(2)9-19-4/h5-9H,3H2,1-2,4H3. The number of nitrogens with zero attached hydrogens (tertiary/aromatic N) is 2. The largest absolute Gasteiger partial charge is 0.196 e. The highest BCUT2D eigenvalue weighted by molar-refractivity contribution is 8.01. The number of hydrogen-bond donors (Lipinski definition) is 0. The summed E-state index contributed by atoms with van der Waals surface area (Å²) < 4.78 is 0. The molecule has 2 nitrogen and oxygen atoms in total. The van der Waals surface area contributed by atoms with Gasteiger partial charge in [-0.25, -0.2) is 0 Å². The molecule has 0 saturated carbocycles. The second-order valence-electron chi connectivity index (χ2n) is 4.35. The Labute approximate surface area is 119 Å². The van der Waals surface area contributed by atoms with Crippen LogP contribution < -0.4 is 0 Å². The molecule has 1 aromatic carbocycles. The molecule has 0 fully saturated rings. The summed E-state index contributed by atoms with van der Waals surface area (Å²) in [6.45, 7) is 7.76. The zero-order valence-electron chi connectivity index (χ0n) is 11.4. The molecule has 0 unspecified atom stereocenters. The third-order valence-corrected chi connectivity index (χ3v) is 3.66. The molecule has 1 aromatic rings. The molecule has 0 radical (unpaired) electrons. The highest BCUT2D eigenvalue weighted by Gasteiger charge is 2.36. The van der Waals surface area contributed by atoms with E-state index in [0.717, 1.165) is 11.1 Å². The van der Waals surface area contributed by atoms with Crippen molar-refractivity contribution in [1.29, 1.82) is 10.5 Å². The number of allylic oxidation sites excluding steroid dienone is 2. The molecule has 0 N–H and O–H groups in total. The van der Waals surface area contributed by atoms with Crippen molar-refractivity contribution < 1.29 is 0 Å². The fraction of sp³-hybridized carbons (Fsp3) is 0.250. The van der Waals surface area contributed by atoms with Gasteiger partial charge in [0.1, 0.15) is 0 Å². The second kappa shape index (κ2) is 6.27. The Bertz CT molecular complexity index is 569. The van der Waals surface area contributed by atoms with Gasteiger partial charge < -0.3 is 0 Å². The molecule has 3 heteroatoms. The van der Waals surface area contributed by atoms with E-state index >= 15 is 0 Å². The SMILES string of the molecule is C=C(c1ccc(C)cc1)C(C#N)(C#N)C(C)=CSC.